The predicted octanol–water partition coefficient (Wildman–Crippen LogP) is 3.93. The second-order valence-corrected chi connectivity index (χ2v) is 4.72. The summed E-state index contributed by atoms with van der Waals surface area (Å²) >= 11 is 10.1. The first kappa shape index (κ1) is 13.7. The van der Waals surface area contributed by atoms with Gasteiger partial charge in [0.05, 0.1) is 5.69 Å². The van der Waals surface area contributed by atoms with Crippen molar-refractivity contribution in [2.45, 2.75) is 6.92 Å². The summed E-state index contributed by atoms with van der Waals surface area (Å²) in [6.07, 6.45) is 1.60. The van der Waals surface area contributed by atoms with Crippen molar-refractivity contribution >= 4 is 42.0 Å². The normalized spacial score (nSPS) is 10.1. The van der Waals surface area contributed by atoms with Gasteiger partial charge in [0.15, 0.2) is 0 Å². The summed E-state index contributed by atoms with van der Waals surface area (Å²) in [5.74, 6) is 0.471. The Bertz CT molecular complexity index is 592. The molecule has 0 aliphatic rings. The Kier molecular flexibility index (Phi) is 4.29. The number of aryl methyl sites for hydroxylation is 1. The number of thiol groups is 1. The maximum Gasteiger partial charge on any atom is 0.337 e. The van der Waals surface area contributed by atoms with E-state index in [2.05, 4.69) is 23.1 Å². The molecule has 4 nitrogen and oxygen atoms in total. The van der Waals surface area contributed by atoms with E-state index in [1.165, 1.54) is 4.31 Å². The molecule has 1 N–H and O–H groups in total. The maximum absolute atomic E-state index is 12.0. The van der Waals surface area contributed by atoms with Gasteiger partial charge in [0.25, 0.3) is 0 Å². The number of carbonyl (C=O) groups excluding carboxylic acids is 1. The molecule has 0 saturated carbocycles. The highest BCUT2D eigenvalue weighted by Gasteiger charge is 2.14. The number of rotatable bonds is 2. The van der Waals surface area contributed by atoms with Crippen LogP contribution in [0, 0.1) is 6.92 Å². The minimum absolute atomic E-state index is 0.382. The first-order chi connectivity index (χ1) is 9.08. The van der Waals surface area contributed by atoms with Crippen molar-refractivity contribution in [3.63, 3.8) is 0 Å². The molecule has 0 spiro atoms. The highest BCUT2D eigenvalue weighted by molar-refractivity contribution is 7.82. The molecule has 19 heavy (non-hydrogen) atoms. The van der Waals surface area contributed by atoms with Crippen LogP contribution in [0.4, 0.5) is 16.3 Å². The van der Waals surface area contributed by atoms with Gasteiger partial charge < -0.3 is 0 Å². The van der Waals surface area contributed by atoms with Crippen molar-refractivity contribution in [1.82, 2.24) is 4.98 Å². The molecule has 1 heterocycles. The summed E-state index contributed by atoms with van der Waals surface area (Å²) in [6, 6.07) is 10.1. The van der Waals surface area contributed by atoms with Gasteiger partial charge in [0.1, 0.15) is 5.82 Å². The monoisotopic (exact) mass is 293 g/mol. The van der Waals surface area contributed by atoms with Crippen molar-refractivity contribution < 1.29 is 4.79 Å². The van der Waals surface area contributed by atoms with Crippen molar-refractivity contribution in [1.29, 1.82) is 0 Å². The average molecular weight is 294 g/mol. The number of nitrogens with one attached hydrogen (secondary N) is 1. The molecule has 2 rings (SSSR count). The minimum atomic E-state index is -0.382. The Morgan fingerprint density at radius 1 is 1.37 bits per heavy atom. The fraction of sp³-hybridized carbons (Fsp3) is 0.0769. The van der Waals surface area contributed by atoms with Crippen LogP contribution in [0.2, 0.25) is 5.02 Å². The topological polar surface area (TPSA) is 45.2 Å². The largest absolute Gasteiger partial charge is 0.337 e. The second kappa shape index (κ2) is 5.95. The van der Waals surface area contributed by atoms with Crippen LogP contribution in [-0.4, -0.2) is 11.0 Å². The van der Waals surface area contributed by atoms with Crippen molar-refractivity contribution in [3.05, 3.63) is 53.2 Å². The van der Waals surface area contributed by atoms with Crippen molar-refractivity contribution in [2.24, 2.45) is 0 Å². The van der Waals surface area contributed by atoms with E-state index in [1.807, 2.05) is 6.92 Å². The van der Waals surface area contributed by atoms with Gasteiger partial charge in [0, 0.05) is 11.2 Å². The van der Waals surface area contributed by atoms with Crippen LogP contribution in [0.25, 0.3) is 0 Å². The van der Waals surface area contributed by atoms with E-state index in [4.69, 9.17) is 11.6 Å². The van der Waals surface area contributed by atoms with Gasteiger partial charge in [-0.25, -0.2) is 14.1 Å². The van der Waals surface area contributed by atoms with E-state index >= 15 is 0 Å². The number of nitrogens with zero attached hydrogens (tertiary/aromatic N) is 2. The smallest absolute Gasteiger partial charge is 0.291 e. The Hall–Kier alpha value is -1.72. The highest BCUT2D eigenvalue weighted by atomic mass is 35.5. The van der Waals surface area contributed by atoms with Crippen LogP contribution in [0.15, 0.2) is 42.6 Å². The maximum atomic E-state index is 12.0. The molecular weight excluding hydrogens is 282 g/mol. The highest BCUT2D eigenvalue weighted by Crippen LogP contribution is 2.25. The fourth-order valence-corrected chi connectivity index (χ4v) is 2.07. The third kappa shape index (κ3) is 3.39. The predicted molar refractivity (Wildman–Crippen MR) is 80.9 cm³/mol. The van der Waals surface area contributed by atoms with Crippen molar-refractivity contribution in [3.8, 4) is 0 Å². The van der Waals surface area contributed by atoms with Gasteiger partial charge >= 0.3 is 6.03 Å². The number of amides is 2. The van der Waals surface area contributed by atoms with E-state index in [0.717, 1.165) is 5.56 Å². The molecule has 6 heteroatoms. The molecule has 0 saturated heterocycles. The number of aromatic nitrogens is 1. The zero-order chi connectivity index (χ0) is 13.8. The van der Waals surface area contributed by atoms with E-state index < -0.39 is 0 Å². The molecule has 0 aliphatic heterocycles. The van der Waals surface area contributed by atoms with E-state index in [9.17, 15) is 4.79 Å². The van der Waals surface area contributed by atoms with Crippen LogP contribution < -0.4 is 9.62 Å². The summed E-state index contributed by atoms with van der Waals surface area (Å²) < 4.78 is 1.22. The summed E-state index contributed by atoms with van der Waals surface area (Å²) in [6.45, 7) is 1.86. The zero-order valence-corrected chi connectivity index (χ0v) is 11.8. The zero-order valence-electron chi connectivity index (χ0n) is 10.2. The average Bonchev–Trinajstić information content (AvgIpc) is 2.39. The third-order valence-electron chi connectivity index (χ3n) is 2.48. The van der Waals surface area contributed by atoms with Crippen LogP contribution in [0.5, 0.6) is 0 Å². The number of hydrogen-bond donors (Lipinski definition) is 2. The standard InChI is InChI=1S/C13H12ClN3OS/c1-9-8-10(14)5-6-11(9)17(19)13(18)16-12-4-2-3-7-15-12/h2-8,19H,1H3,(H,15,16,18). The molecule has 2 aromatic rings. The number of pyridine rings is 1. The van der Waals surface area contributed by atoms with Gasteiger partial charge in [-0.3, -0.25) is 5.32 Å². The van der Waals surface area contributed by atoms with E-state index in [0.29, 0.717) is 16.5 Å². The lowest BCUT2D eigenvalue weighted by molar-refractivity contribution is 0.260. The number of halogens is 1. The Morgan fingerprint density at radius 2 is 2.16 bits per heavy atom. The Labute approximate surface area is 122 Å². The summed E-state index contributed by atoms with van der Waals surface area (Å²) in [4.78, 5) is 16.0. The molecule has 1 aromatic carbocycles. The fourth-order valence-electron chi connectivity index (χ4n) is 1.57. The van der Waals surface area contributed by atoms with Gasteiger partial charge in [-0.15, -0.1) is 0 Å². The number of urea groups is 1. The lowest BCUT2D eigenvalue weighted by atomic mass is 10.2. The minimum Gasteiger partial charge on any atom is -0.291 e. The SMILES string of the molecule is Cc1cc(Cl)ccc1N(S)C(=O)Nc1ccccn1. The van der Waals surface area contributed by atoms with Crippen LogP contribution in [-0.2, 0) is 0 Å². The third-order valence-corrected chi connectivity index (χ3v) is 3.11. The Morgan fingerprint density at radius 3 is 2.79 bits per heavy atom. The first-order valence-electron chi connectivity index (χ1n) is 5.55. The van der Waals surface area contributed by atoms with Crippen LogP contribution in [0.3, 0.4) is 0 Å². The molecule has 1 aromatic heterocycles. The summed E-state index contributed by atoms with van der Waals surface area (Å²) in [7, 11) is 0. The van der Waals surface area contributed by atoms with E-state index in [-0.39, 0.29) is 6.03 Å². The molecule has 0 radical (unpaired) electrons. The number of benzene rings is 1. The first-order valence-corrected chi connectivity index (χ1v) is 6.33. The van der Waals surface area contributed by atoms with Crippen molar-refractivity contribution in [2.75, 3.05) is 9.62 Å². The van der Waals surface area contributed by atoms with Gasteiger partial charge in [-0.1, -0.05) is 30.5 Å². The molecule has 98 valence electrons. The number of carbonyl (C=O) groups is 1. The molecule has 0 bridgehead atoms. The lowest BCUT2D eigenvalue weighted by Gasteiger charge is -2.18. The number of hydrogen-bond acceptors (Lipinski definition) is 3. The molecule has 0 fully saturated rings. The lowest BCUT2D eigenvalue weighted by Crippen LogP contribution is -2.27. The van der Waals surface area contributed by atoms with Gasteiger partial charge in [0.2, 0.25) is 0 Å². The molecular formula is C13H12ClN3OS. The Balaban J connectivity index is 2.15. The molecule has 0 aliphatic carbocycles. The van der Waals surface area contributed by atoms with Crippen LogP contribution >= 0.6 is 24.4 Å². The number of anilines is 2. The second-order valence-electron chi connectivity index (χ2n) is 3.89. The van der Waals surface area contributed by atoms with Gasteiger partial charge in [-0.2, -0.15) is 0 Å². The summed E-state index contributed by atoms with van der Waals surface area (Å²) in [5.41, 5.74) is 1.53. The molecule has 0 unspecified atom stereocenters. The summed E-state index contributed by atoms with van der Waals surface area (Å²) in [5, 5.41) is 3.27. The van der Waals surface area contributed by atoms with E-state index in [1.54, 1.807) is 42.6 Å². The van der Waals surface area contributed by atoms with Crippen LogP contribution in [0.1, 0.15) is 5.56 Å². The molecule has 2 amide bonds. The quantitative estimate of drug-likeness (QED) is 0.824. The van der Waals surface area contributed by atoms with Gasteiger partial charge in [-0.05, 0) is 42.8 Å². The molecule has 0 atom stereocenters.